The van der Waals surface area contributed by atoms with Crippen molar-refractivity contribution >= 4 is 78.9 Å². The SMILES string of the molecule is C=Cc1c2c(=C)n(C)c3ccccc3n2c2c(ccc3c2n(C)c2cccc4c2n3c2ccccc2n4C)n1C. The summed E-state index contributed by atoms with van der Waals surface area (Å²) in [5.74, 6) is 0. The number of aromatic nitrogens is 6. The Bertz CT molecular complexity index is 2510. The van der Waals surface area contributed by atoms with Gasteiger partial charge in [0, 0.05) is 28.2 Å². The molecule has 0 N–H and O–H groups in total. The van der Waals surface area contributed by atoms with Gasteiger partial charge < -0.3 is 27.1 Å². The molecule has 4 aromatic heterocycles. The summed E-state index contributed by atoms with van der Waals surface area (Å²) in [6.07, 6.45) is 1.94. The molecule has 196 valence electrons. The van der Waals surface area contributed by atoms with Crippen LogP contribution in [-0.4, -0.2) is 27.1 Å². The summed E-state index contributed by atoms with van der Waals surface area (Å²) in [7, 11) is 8.56. The highest BCUT2D eigenvalue weighted by molar-refractivity contribution is 6.10. The van der Waals surface area contributed by atoms with E-state index in [4.69, 9.17) is 0 Å². The summed E-state index contributed by atoms with van der Waals surface area (Å²) in [5.41, 5.74) is 14.8. The summed E-state index contributed by atoms with van der Waals surface area (Å²) >= 11 is 0. The Balaban J connectivity index is 1.82. The van der Waals surface area contributed by atoms with Crippen LogP contribution in [0.15, 0.2) is 85.4 Å². The van der Waals surface area contributed by atoms with Crippen molar-refractivity contribution in [2.24, 2.45) is 28.2 Å². The van der Waals surface area contributed by atoms with Gasteiger partial charge >= 0.3 is 0 Å². The fourth-order valence-corrected chi connectivity index (χ4v) is 6.92. The zero-order chi connectivity index (χ0) is 27.4. The van der Waals surface area contributed by atoms with Crippen molar-refractivity contribution < 1.29 is 0 Å². The second-order valence-corrected chi connectivity index (χ2v) is 10.7. The van der Waals surface area contributed by atoms with Gasteiger partial charge in [-0.1, -0.05) is 43.5 Å². The molecule has 0 amide bonds. The van der Waals surface area contributed by atoms with Crippen molar-refractivity contribution in [3.8, 4) is 0 Å². The zero-order valence-corrected chi connectivity index (χ0v) is 23.2. The van der Waals surface area contributed by atoms with Crippen LogP contribution in [0.3, 0.4) is 0 Å². The van der Waals surface area contributed by atoms with E-state index < -0.39 is 0 Å². The predicted octanol–water partition coefficient (Wildman–Crippen LogP) is 6.77. The van der Waals surface area contributed by atoms with Crippen molar-refractivity contribution in [3.05, 3.63) is 96.5 Å². The third-order valence-corrected chi connectivity index (χ3v) is 8.88. The Hall–Kier alpha value is -5.10. The normalized spacial score (nSPS) is 12.2. The molecular weight excluding hydrogens is 492 g/mol. The second kappa shape index (κ2) is 7.73. The lowest BCUT2D eigenvalue weighted by molar-refractivity contribution is 0.883. The molecule has 0 saturated carbocycles. The fourth-order valence-electron chi connectivity index (χ4n) is 6.92. The molecule has 0 unspecified atom stereocenters. The minimum Gasteiger partial charge on any atom is -0.342 e. The van der Waals surface area contributed by atoms with E-state index in [9.17, 15) is 0 Å². The van der Waals surface area contributed by atoms with E-state index >= 15 is 0 Å². The summed E-state index contributed by atoms with van der Waals surface area (Å²) in [6.45, 7) is 8.78. The van der Waals surface area contributed by atoms with Crippen LogP contribution in [-0.2, 0) is 28.2 Å². The maximum absolute atomic E-state index is 4.56. The molecule has 0 radical (unpaired) electrons. The molecule has 4 aromatic carbocycles. The van der Waals surface area contributed by atoms with Crippen molar-refractivity contribution in [2.75, 3.05) is 0 Å². The van der Waals surface area contributed by atoms with Crippen LogP contribution in [0.2, 0.25) is 0 Å². The lowest BCUT2D eigenvalue weighted by Crippen LogP contribution is -2.24. The minimum absolute atomic E-state index is 0.940. The van der Waals surface area contributed by atoms with Gasteiger partial charge in [0.05, 0.1) is 77.2 Å². The van der Waals surface area contributed by atoms with E-state index in [1.54, 1.807) is 0 Å². The summed E-state index contributed by atoms with van der Waals surface area (Å²) < 4.78 is 13.9. The van der Waals surface area contributed by atoms with Crippen LogP contribution in [0.1, 0.15) is 5.69 Å². The van der Waals surface area contributed by atoms with Crippen LogP contribution < -0.4 is 5.35 Å². The van der Waals surface area contributed by atoms with Gasteiger partial charge in [-0.2, -0.15) is 0 Å². The van der Waals surface area contributed by atoms with E-state index in [1.165, 1.54) is 27.6 Å². The number of hydrogen-bond donors (Lipinski definition) is 0. The first-order valence-electron chi connectivity index (χ1n) is 13.5. The highest BCUT2D eigenvalue weighted by Crippen LogP contribution is 2.35. The molecule has 6 heteroatoms. The number of aryl methyl sites for hydroxylation is 4. The molecule has 0 bridgehead atoms. The van der Waals surface area contributed by atoms with E-state index in [2.05, 4.69) is 147 Å². The maximum Gasteiger partial charge on any atom is 0.0962 e. The van der Waals surface area contributed by atoms with Gasteiger partial charge in [0.1, 0.15) is 0 Å². The average molecular weight is 523 g/mol. The summed E-state index contributed by atoms with van der Waals surface area (Å²) in [4.78, 5) is 0. The molecule has 0 atom stereocenters. The van der Waals surface area contributed by atoms with E-state index in [-0.39, 0.29) is 0 Å². The summed E-state index contributed by atoms with van der Waals surface area (Å²) in [5, 5.41) is 0.940. The monoisotopic (exact) mass is 522 g/mol. The quantitative estimate of drug-likeness (QED) is 0.168. The fraction of sp³-hybridized carbons (Fsp3) is 0.118. The first-order valence-corrected chi connectivity index (χ1v) is 13.5. The summed E-state index contributed by atoms with van der Waals surface area (Å²) in [6, 6.07) is 28.4. The smallest absolute Gasteiger partial charge is 0.0962 e. The number of para-hydroxylation sites is 5. The lowest BCUT2D eigenvalue weighted by Gasteiger charge is -2.25. The highest BCUT2D eigenvalue weighted by Gasteiger charge is 2.21. The van der Waals surface area contributed by atoms with Crippen LogP contribution >= 0.6 is 0 Å². The molecule has 0 saturated heterocycles. The van der Waals surface area contributed by atoms with E-state index in [0.717, 1.165) is 49.7 Å². The van der Waals surface area contributed by atoms with Gasteiger partial charge in [-0.3, -0.25) is 0 Å². The van der Waals surface area contributed by atoms with Gasteiger partial charge in [0.2, 0.25) is 0 Å². The Labute approximate surface area is 230 Å². The van der Waals surface area contributed by atoms with Crippen molar-refractivity contribution in [3.63, 3.8) is 0 Å². The van der Waals surface area contributed by atoms with Gasteiger partial charge in [0.25, 0.3) is 0 Å². The number of hydrogen-bond acceptors (Lipinski definition) is 0. The number of benzene rings is 4. The van der Waals surface area contributed by atoms with Gasteiger partial charge in [-0.15, -0.1) is 0 Å². The zero-order valence-electron chi connectivity index (χ0n) is 23.2. The van der Waals surface area contributed by atoms with Crippen LogP contribution in [0, 0.1) is 0 Å². The standard InChI is InChI=1S/C34H30N6/c1-7-22-31-21(2)35(3)23-13-8-11-16-26(23)40(31)34-29(36(22)4)19-20-30-33(34)38(6)28-18-12-17-27-32(28)39(30)25-15-10-9-14-24(25)37(27)5/h7-20H,1-2H2,3-6H3. The van der Waals surface area contributed by atoms with Gasteiger partial charge in [0.15, 0.2) is 0 Å². The Morgan fingerprint density at radius 1 is 0.450 bits per heavy atom. The second-order valence-electron chi connectivity index (χ2n) is 10.7. The highest BCUT2D eigenvalue weighted by atomic mass is 15.1. The number of nitrogens with zero attached hydrogens (tertiary/aromatic N) is 6. The molecule has 0 aliphatic heterocycles. The topological polar surface area (TPSA) is 28.5 Å². The minimum atomic E-state index is 0.940. The molecular formula is C34H30N6. The van der Waals surface area contributed by atoms with Crippen LogP contribution in [0.5, 0.6) is 0 Å². The molecule has 40 heavy (non-hydrogen) atoms. The first-order chi connectivity index (χ1) is 19.4. The average Bonchev–Trinajstić information content (AvgIpc) is 2.99. The lowest BCUT2D eigenvalue weighted by atomic mass is 10.1. The van der Waals surface area contributed by atoms with Crippen LogP contribution in [0.25, 0.3) is 78.9 Å². The molecule has 0 aliphatic rings. The van der Waals surface area contributed by atoms with E-state index in [1.807, 2.05) is 6.08 Å². The predicted molar refractivity (Wildman–Crippen MR) is 169 cm³/mol. The van der Waals surface area contributed by atoms with Crippen LogP contribution in [0.4, 0.5) is 0 Å². The Morgan fingerprint density at radius 3 is 1.65 bits per heavy atom. The molecule has 4 heterocycles. The molecule has 8 aromatic rings. The molecule has 8 rings (SSSR count). The van der Waals surface area contributed by atoms with Crippen molar-refractivity contribution in [1.82, 2.24) is 27.1 Å². The Kier molecular flexibility index (Phi) is 4.41. The third kappa shape index (κ3) is 2.58. The van der Waals surface area contributed by atoms with Gasteiger partial charge in [-0.25, -0.2) is 0 Å². The molecule has 0 spiro atoms. The van der Waals surface area contributed by atoms with Crippen molar-refractivity contribution in [1.29, 1.82) is 0 Å². The first kappa shape index (κ1) is 22.8. The third-order valence-electron chi connectivity index (χ3n) is 8.88. The molecule has 0 fully saturated rings. The number of rotatable bonds is 1. The largest absolute Gasteiger partial charge is 0.342 e. The van der Waals surface area contributed by atoms with Gasteiger partial charge in [-0.05, 0) is 54.6 Å². The maximum atomic E-state index is 4.56. The molecule has 6 nitrogen and oxygen atoms in total. The van der Waals surface area contributed by atoms with Crippen molar-refractivity contribution in [2.45, 2.75) is 0 Å². The Morgan fingerprint density at radius 2 is 0.975 bits per heavy atom. The number of fused-ring (bicyclic) bond motifs is 10. The van der Waals surface area contributed by atoms with E-state index in [0.29, 0.717) is 0 Å². The molecule has 0 aliphatic carbocycles.